The third kappa shape index (κ3) is 3.05. The average molecular weight is 372 g/mol. The Morgan fingerprint density at radius 3 is 2.11 bits per heavy atom. The van der Waals surface area contributed by atoms with Gasteiger partial charge >= 0.3 is 0 Å². The van der Waals surface area contributed by atoms with Gasteiger partial charge in [-0.15, -0.1) is 0 Å². The summed E-state index contributed by atoms with van der Waals surface area (Å²) in [6, 6.07) is 14.9. The van der Waals surface area contributed by atoms with E-state index in [1.54, 1.807) is 0 Å². The van der Waals surface area contributed by atoms with Crippen molar-refractivity contribution in [1.82, 2.24) is 4.90 Å². The Labute approximate surface area is 165 Å². The minimum absolute atomic E-state index is 0.0456. The van der Waals surface area contributed by atoms with Crippen LogP contribution in [-0.2, 0) is 4.79 Å². The molecule has 4 nitrogen and oxygen atoms in total. The normalized spacial score (nSPS) is 25.6. The Balaban J connectivity index is 1.84. The molecule has 0 spiro atoms. The second-order valence-corrected chi connectivity index (χ2v) is 7.70. The van der Waals surface area contributed by atoms with Crippen molar-refractivity contribution in [3.05, 3.63) is 95.2 Å². The first-order valence-electron chi connectivity index (χ1n) is 9.56. The number of aryl methyl sites for hydroxylation is 2. The Morgan fingerprint density at radius 2 is 1.50 bits per heavy atom. The van der Waals surface area contributed by atoms with Gasteiger partial charge in [-0.2, -0.15) is 0 Å². The molecule has 1 saturated heterocycles. The van der Waals surface area contributed by atoms with Gasteiger partial charge in [0.1, 0.15) is 6.04 Å². The number of rotatable bonds is 4. The highest BCUT2D eigenvalue weighted by molar-refractivity contribution is 6.00. The summed E-state index contributed by atoms with van der Waals surface area (Å²) in [4.78, 5) is 28.0. The number of benzene rings is 2. The standard InChI is InChI=1S/C24H24N2O2/c1-15-6-10-17(11-7-15)20-21(23(27)18-12-8-16(2)9-13-18)19-5-3-4-14-26(19)22(20)24(25)28/h3-14,19-22H,1-2H3,(H2,25,28). The summed E-state index contributed by atoms with van der Waals surface area (Å²) in [5.74, 6) is -1.05. The van der Waals surface area contributed by atoms with Crippen LogP contribution < -0.4 is 5.73 Å². The predicted molar refractivity (Wildman–Crippen MR) is 110 cm³/mol. The SMILES string of the molecule is Cc1ccc(C(=O)C2C(c3ccc(C)cc3)C(C(N)=O)N3C=CC=CC23)cc1. The van der Waals surface area contributed by atoms with Gasteiger partial charge in [-0.1, -0.05) is 71.8 Å². The second kappa shape index (κ2) is 7.12. The molecule has 0 bridgehead atoms. The highest BCUT2D eigenvalue weighted by Crippen LogP contribution is 2.45. The molecule has 0 aliphatic carbocycles. The Bertz CT molecular complexity index is 957. The van der Waals surface area contributed by atoms with Crippen LogP contribution in [0.1, 0.15) is 33.0 Å². The Hall–Kier alpha value is -3.14. The summed E-state index contributed by atoms with van der Waals surface area (Å²) in [5.41, 5.74) is 9.71. The van der Waals surface area contributed by atoms with Crippen molar-refractivity contribution in [2.24, 2.45) is 11.7 Å². The highest BCUT2D eigenvalue weighted by atomic mass is 16.1. The van der Waals surface area contributed by atoms with Gasteiger partial charge in [0, 0.05) is 17.7 Å². The molecule has 2 aromatic carbocycles. The second-order valence-electron chi connectivity index (χ2n) is 7.70. The average Bonchev–Trinajstić information content (AvgIpc) is 3.04. The van der Waals surface area contributed by atoms with Crippen LogP contribution >= 0.6 is 0 Å². The van der Waals surface area contributed by atoms with E-state index in [1.165, 1.54) is 0 Å². The van der Waals surface area contributed by atoms with Gasteiger partial charge in [-0.25, -0.2) is 0 Å². The lowest BCUT2D eigenvalue weighted by molar-refractivity contribution is -0.122. The lowest BCUT2D eigenvalue weighted by atomic mass is 9.77. The fourth-order valence-electron chi connectivity index (χ4n) is 4.43. The summed E-state index contributed by atoms with van der Waals surface area (Å²) < 4.78 is 0. The van der Waals surface area contributed by atoms with Gasteiger partial charge in [0.05, 0.1) is 12.0 Å². The van der Waals surface area contributed by atoms with E-state index in [9.17, 15) is 9.59 Å². The minimum Gasteiger partial charge on any atom is -0.368 e. The monoisotopic (exact) mass is 372 g/mol. The molecule has 4 unspecified atom stereocenters. The van der Waals surface area contributed by atoms with Crippen molar-refractivity contribution >= 4 is 11.7 Å². The Morgan fingerprint density at radius 1 is 0.893 bits per heavy atom. The number of primary amides is 1. The molecule has 2 heterocycles. The maximum absolute atomic E-state index is 13.6. The molecule has 2 aliphatic heterocycles. The van der Waals surface area contributed by atoms with E-state index in [0.29, 0.717) is 5.56 Å². The molecule has 0 radical (unpaired) electrons. The van der Waals surface area contributed by atoms with Crippen molar-refractivity contribution in [2.45, 2.75) is 31.8 Å². The topological polar surface area (TPSA) is 63.4 Å². The lowest BCUT2D eigenvalue weighted by Gasteiger charge is -2.28. The van der Waals surface area contributed by atoms with Crippen molar-refractivity contribution in [3.63, 3.8) is 0 Å². The van der Waals surface area contributed by atoms with Gasteiger partial charge in [-0.3, -0.25) is 9.59 Å². The molecule has 0 aromatic heterocycles. The molecule has 0 saturated carbocycles. The van der Waals surface area contributed by atoms with Gasteiger partial charge < -0.3 is 10.6 Å². The van der Waals surface area contributed by atoms with E-state index in [-0.39, 0.29) is 23.7 Å². The zero-order valence-electron chi connectivity index (χ0n) is 16.1. The van der Waals surface area contributed by atoms with Crippen molar-refractivity contribution in [1.29, 1.82) is 0 Å². The Kier molecular flexibility index (Phi) is 4.63. The molecular weight excluding hydrogens is 348 g/mol. The van der Waals surface area contributed by atoms with Crippen LogP contribution in [0.4, 0.5) is 0 Å². The smallest absolute Gasteiger partial charge is 0.240 e. The maximum Gasteiger partial charge on any atom is 0.240 e. The fraction of sp³-hybridized carbons (Fsp3) is 0.250. The number of amides is 1. The highest BCUT2D eigenvalue weighted by Gasteiger charge is 2.53. The van der Waals surface area contributed by atoms with E-state index < -0.39 is 11.9 Å². The van der Waals surface area contributed by atoms with Gasteiger partial charge in [0.15, 0.2) is 5.78 Å². The summed E-state index contributed by atoms with van der Waals surface area (Å²) in [6.45, 7) is 4.02. The third-order valence-electron chi connectivity index (χ3n) is 5.83. The van der Waals surface area contributed by atoms with Gasteiger partial charge in [0.25, 0.3) is 0 Å². The number of Topliss-reactive ketones (excluding diaryl/α,β-unsaturated/α-hetero) is 1. The fourth-order valence-corrected chi connectivity index (χ4v) is 4.43. The predicted octanol–water partition coefficient (Wildman–Crippen LogP) is 3.51. The first kappa shape index (κ1) is 18.2. The van der Waals surface area contributed by atoms with Gasteiger partial charge in [-0.05, 0) is 25.5 Å². The number of nitrogens with two attached hydrogens (primary N) is 1. The zero-order chi connectivity index (χ0) is 19.8. The van der Waals surface area contributed by atoms with E-state index in [1.807, 2.05) is 91.7 Å². The molecular formula is C24H24N2O2. The summed E-state index contributed by atoms with van der Waals surface area (Å²) >= 11 is 0. The molecule has 28 heavy (non-hydrogen) atoms. The molecule has 2 aliphatic rings. The summed E-state index contributed by atoms with van der Waals surface area (Å²) in [7, 11) is 0. The maximum atomic E-state index is 13.6. The quantitative estimate of drug-likeness (QED) is 0.836. The lowest BCUT2D eigenvalue weighted by Crippen LogP contribution is -2.42. The van der Waals surface area contributed by atoms with Crippen molar-refractivity contribution in [2.75, 3.05) is 0 Å². The molecule has 2 N–H and O–H groups in total. The first-order chi connectivity index (χ1) is 13.5. The molecule has 1 amide bonds. The van der Waals surface area contributed by atoms with E-state index >= 15 is 0 Å². The van der Waals surface area contributed by atoms with E-state index in [4.69, 9.17) is 5.73 Å². The molecule has 142 valence electrons. The van der Waals surface area contributed by atoms with E-state index in [0.717, 1.165) is 16.7 Å². The number of fused-ring (bicyclic) bond motifs is 1. The zero-order valence-corrected chi connectivity index (χ0v) is 16.1. The largest absolute Gasteiger partial charge is 0.368 e. The van der Waals surface area contributed by atoms with Crippen LogP contribution in [0.5, 0.6) is 0 Å². The van der Waals surface area contributed by atoms with Crippen LogP contribution in [0.3, 0.4) is 0 Å². The molecule has 4 atom stereocenters. The third-order valence-corrected chi connectivity index (χ3v) is 5.83. The number of nitrogens with zero attached hydrogens (tertiary/aromatic N) is 1. The number of allylic oxidation sites excluding steroid dienone is 2. The summed E-state index contributed by atoms with van der Waals surface area (Å²) in [5, 5.41) is 0. The van der Waals surface area contributed by atoms with Crippen LogP contribution in [-0.4, -0.2) is 28.7 Å². The first-order valence-corrected chi connectivity index (χ1v) is 9.56. The number of hydrogen-bond acceptors (Lipinski definition) is 3. The van der Waals surface area contributed by atoms with Crippen molar-refractivity contribution in [3.8, 4) is 0 Å². The molecule has 1 fully saturated rings. The number of carbonyl (C=O) groups is 2. The minimum atomic E-state index is -0.562. The number of carbonyl (C=O) groups excluding carboxylic acids is 2. The summed E-state index contributed by atoms with van der Waals surface area (Å²) in [6.07, 6.45) is 7.70. The van der Waals surface area contributed by atoms with Crippen LogP contribution in [0.15, 0.2) is 73.0 Å². The molecule has 4 heteroatoms. The molecule has 2 aromatic rings. The van der Waals surface area contributed by atoms with Crippen molar-refractivity contribution < 1.29 is 9.59 Å². The van der Waals surface area contributed by atoms with Crippen LogP contribution in [0.25, 0.3) is 0 Å². The molecule has 4 rings (SSSR count). The van der Waals surface area contributed by atoms with Crippen LogP contribution in [0, 0.1) is 19.8 Å². The van der Waals surface area contributed by atoms with Crippen LogP contribution in [0.2, 0.25) is 0 Å². The number of ketones is 1. The van der Waals surface area contributed by atoms with Gasteiger partial charge in [0.2, 0.25) is 5.91 Å². The van der Waals surface area contributed by atoms with E-state index in [2.05, 4.69) is 0 Å². The number of hydrogen-bond donors (Lipinski definition) is 1.